The Bertz CT molecular complexity index is 1240. The molecule has 0 spiro atoms. The summed E-state index contributed by atoms with van der Waals surface area (Å²) in [6, 6.07) is 11.6. The average Bonchev–Trinajstić information content (AvgIpc) is 3.09. The number of carbonyl (C=O) groups excluding carboxylic acids is 1. The van der Waals surface area contributed by atoms with Crippen LogP contribution in [0.15, 0.2) is 41.0 Å². The van der Waals surface area contributed by atoms with Crippen molar-refractivity contribution in [2.75, 3.05) is 7.11 Å². The summed E-state index contributed by atoms with van der Waals surface area (Å²) >= 11 is 3.45. The first kappa shape index (κ1) is 20.0. The molecule has 0 aliphatic carbocycles. The van der Waals surface area contributed by atoms with Crippen molar-refractivity contribution in [1.82, 2.24) is 4.57 Å². The normalized spacial score (nSPS) is 17.8. The van der Waals surface area contributed by atoms with Crippen molar-refractivity contribution < 1.29 is 19.0 Å². The molecule has 1 N–H and O–H groups in total. The first-order valence-corrected chi connectivity index (χ1v) is 9.94. The smallest absolute Gasteiger partial charge is 0.308 e. The highest BCUT2D eigenvalue weighted by molar-refractivity contribution is 9.10. The molecule has 2 heterocycles. The molecule has 30 heavy (non-hydrogen) atoms. The van der Waals surface area contributed by atoms with Gasteiger partial charge in [-0.15, -0.1) is 0 Å². The van der Waals surface area contributed by atoms with Gasteiger partial charge in [-0.05, 0) is 45.8 Å². The van der Waals surface area contributed by atoms with Crippen molar-refractivity contribution >= 4 is 38.7 Å². The first-order chi connectivity index (χ1) is 14.3. The lowest BCUT2D eigenvalue weighted by Crippen LogP contribution is -2.31. The maximum Gasteiger partial charge on any atom is 0.308 e. The fourth-order valence-corrected chi connectivity index (χ4v) is 4.41. The van der Waals surface area contributed by atoms with Crippen molar-refractivity contribution in [2.45, 2.75) is 12.8 Å². The number of nitrogens with zero attached hydrogens (tertiary/aromatic N) is 2. The third kappa shape index (κ3) is 3.12. The van der Waals surface area contributed by atoms with Crippen molar-refractivity contribution in [1.29, 1.82) is 10.7 Å². The second-order valence-electron chi connectivity index (χ2n) is 7.02. The number of methoxy groups -OCH3 is 1. The zero-order valence-electron chi connectivity index (χ0n) is 16.5. The Kier molecular flexibility index (Phi) is 5.00. The second kappa shape index (κ2) is 7.50. The van der Waals surface area contributed by atoms with Crippen LogP contribution in [0.25, 0.3) is 10.9 Å². The van der Waals surface area contributed by atoms with E-state index in [-0.39, 0.29) is 11.6 Å². The van der Waals surface area contributed by atoms with E-state index in [1.807, 2.05) is 36.0 Å². The maximum absolute atomic E-state index is 11.5. The van der Waals surface area contributed by atoms with Gasteiger partial charge in [-0.25, -0.2) is 0 Å². The van der Waals surface area contributed by atoms with E-state index in [0.29, 0.717) is 16.0 Å². The van der Waals surface area contributed by atoms with Gasteiger partial charge in [0, 0.05) is 37.0 Å². The van der Waals surface area contributed by atoms with Crippen LogP contribution in [0.1, 0.15) is 24.0 Å². The molecule has 0 radical (unpaired) electrons. The molecular formula is C22H18BrN3O4. The van der Waals surface area contributed by atoms with Crippen molar-refractivity contribution in [3.05, 3.63) is 52.1 Å². The molecule has 0 bridgehead atoms. The number of aryl methyl sites for hydroxylation is 1. The molecule has 4 rings (SSSR count). The largest absolute Gasteiger partial charge is 0.493 e. The number of aromatic nitrogens is 1. The topological polar surface area (TPSA) is 97.3 Å². The molecule has 1 aliphatic heterocycles. The third-order valence-corrected chi connectivity index (χ3v) is 5.80. The highest BCUT2D eigenvalue weighted by Crippen LogP contribution is 2.48. The Morgan fingerprint density at radius 1 is 1.33 bits per heavy atom. The molecule has 2 unspecified atom stereocenters. The number of carbonyl (C=O) groups is 1. The van der Waals surface area contributed by atoms with Crippen molar-refractivity contribution in [3.8, 4) is 23.3 Å². The highest BCUT2D eigenvalue weighted by Gasteiger charge is 2.38. The third-order valence-electron chi connectivity index (χ3n) is 5.21. The van der Waals surface area contributed by atoms with Crippen LogP contribution < -0.4 is 14.2 Å². The molecular weight excluding hydrogens is 450 g/mol. The van der Waals surface area contributed by atoms with E-state index in [4.69, 9.17) is 19.6 Å². The zero-order valence-corrected chi connectivity index (χ0v) is 18.1. The van der Waals surface area contributed by atoms with Gasteiger partial charge >= 0.3 is 5.97 Å². The van der Waals surface area contributed by atoms with E-state index in [1.165, 1.54) is 14.0 Å². The lowest BCUT2D eigenvalue weighted by atomic mass is 9.78. The number of hydrogen-bond donors (Lipinski definition) is 1. The summed E-state index contributed by atoms with van der Waals surface area (Å²) in [5.41, 5.74) is 2.52. The van der Waals surface area contributed by atoms with Gasteiger partial charge in [0.1, 0.15) is 11.7 Å². The van der Waals surface area contributed by atoms with E-state index in [1.54, 1.807) is 12.1 Å². The number of benzene rings is 2. The van der Waals surface area contributed by atoms with Gasteiger partial charge < -0.3 is 18.8 Å². The molecule has 0 saturated carbocycles. The van der Waals surface area contributed by atoms with Crippen LogP contribution in [0.2, 0.25) is 0 Å². The lowest BCUT2D eigenvalue weighted by Gasteiger charge is -2.31. The van der Waals surface area contributed by atoms with E-state index in [9.17, 15) is 10.1 Å². The van der Waals surface area contributed by atoms with Gasteiger partial charge in [-0.2, -0.15) is 5.26 Å². The van der Waals surface area contributed by atoms with E-state index >= 15 is 0 Å². The Morgan fingerprint density at radius 3 is 2.77 bits per heavy atom. The predicted octanol–water partition coefficient (Wildman–Crippen LogP) is 4.52. The second-order valence-corrected chi connectivity index (χ2v) is 7.88. The Labute approximate surface area is 181 Å². The summed E-state index contributed by atoms with van der Waals surface area (Å²) < 4.78 is 19.0. The van der Waals surface area contributed by atoms with Crippen LogP contribution in [0, 0.1) is 22.7 Å². The molecule has 2 aromatic carbocycles. The maximum atomic E-state index is 11.5. The standard InChI is InChI=1S/C22H18BrN3O4/c1-11(27)29-21-16(23)8-12(9-18(21)28-3)19-14-4-5-17-13(6-7-26(17)2)20(14)30-22(25)15(19)10-24/h4-9,15,19,25H,1-3H3. The highest BCUT2D eigenvalue weighted by atomic mass is 79.9. The first-order valence-electron chi connectivity index (χ1n) is 9.15. The van der Waals surface area contributed by atoms with Gasteiger partial charge in [0.25, 0.3) is 0 Å². The number of halogens is 1. The minimum absolute atomic E-state index is 0.106. The van der Waals surface area contributed by atoms with Gasteiger partial charge in [0.15, 0.2) is 11.5 Å². The van der Waals surface area contributed by atoms with E-state index in [2.05, 4.69) is 22.0 Å². The molecule has 0 amide bonds. The Balaban J connectivity index is 1.94. The monoisotopic (exact) mass is 467 g/mol. The molecule has 8 heteroatoms. The van der Waals surface area contributed by atoms with Crippen LogP contribution >= 0.6 is 15.9 Å². The van der Waals surface area contributed by atoms with Gasteiger partial charge in [0.2, 0.25) is 5.90 Å². The average molecular weight is 468 g/mol. The molecule has 0 fully saturated rings. The number of esters is 1. The van der Waals surface area contributed by atoms with Crippen LogP contribution in [-0.4, -0.2) is 23.5 Å². The summed E-state index contributed by atoms with van der Waals surface area (Å²) in [4.78, 5) is 11.5. The number of hydrogen-bond acceptors (Lipinski definition) is 6. The number of fused-ring (bicyclic) bond motifs is 3. The summed E-state index contributed by atoms with van der Waals surface area (Å²) in [6.07, 6.45) is 1.93. The summed E-state index contributed by atoms with van der Waals surface area (Å²) in [5, 5.41) is 19.1. The SMILES string of the molecule is COc1cc(C2c3ccc4c(ccn4C)c3OC(=N)C2C#N)cc(Br)c1OC(C)=O. The minimum atomic E-state index is -0.810. The Hall–Kier alpha value is -3.31. The van der Waals surface area contributed by atoms with Crippen LogP contribution in [0.4, 0.5) is 0 Å². The van der Waals surface area contributed by atoms with Crippen LogP contribution in [-0.2, 0) is 11.8 Å². The fraction of sp³-hybridized carbons (Fsp3) is 0.227. The molecule has 0 saturated heterocycles. The zero-order chi connectivity index (χ0) is 21.6. The van der Waals surface area contributed by atoms with Crippen LogP contribution in [0.3, 0.4) is 0 Å². The minimum Gasteiger partial charge on any atom is -0.493 e. The molecule has 1 aliphatic rings. The number of nitriles is 1. The molecule has 2 atom stereocenters. The fourth-order valence-electron chi connectivity index (χ4n) is 3.87. The molecule has 3 aromatic rings. The van der Waals surface area contributed by atoms with Crippen molar-refractivity contribution in [3.63, 3.8) is 0 Å². The van der Waals surface area contributed by atoms with E-state index in [0.717, 1.165) is 22.0 Å². The summed E-state index contributed by atoms with van der Waals surface area (Å²) in [7, 11) is 3.42. The molecule has 1 aromatic heterocycles. The Morgan fingerprint density at radius 2 is 2.10 bits per heavy atom. The summed E-state index contributed by atoms with van der Waals surface area (Å²) in [6.45, 7) is 1.31. The number of ether oxygens (including phenoxy) is 3. The number of nitrogens with one attached hydrogen (secondary N) is 1. The number of rotatable bonds is 3. The predicted molar refractivity (Wildman–Crippen MR) is 114 cm³/mol. The quantitative estimate of drug-likeness (QED) is 0.451. The molecule has 7 nitrogen and oxygen atoms in total. The van der Waals surface area contributed by atoms with Gasteiger partial charge in [0.05, 0.1) is 23.2 Å². The van der Waals surface area contributed by atoms with Crippen LogP contribution in [0.5, 0.6) is 17.2 Å². The lowest BCUT2D eigenvalue weighted by molar-refractivity contribution is -0.132. The summed E-state index contributed by atoms with van der Waals surface area (Å²) in [5.74, 6) is -0.641. The van der Waals surface area contributed by atoms with E-state index < -0.39 is 17.8 Å². The molecule has 152 valence electrons. The van der Waals surface area contributed by atoms with Crippen molar-refractivity contribution in [2.24, 2.45) is 13.0 Å². The van der Waals surface area contributed by atoms with Gasteiger partial charge in [-0.1, -0.05) is 6.07 Å². The van der Waals surface area contributed by atoms with Gasteiger partial charge in [-0.3, -0.25) is 10.2 Å².